The Labute approximate surface area is 128 Å². The van der Waals surface area contributed by atoms with Gasteiger partial charge in [-0.3, -0.25) is 4.79 Å². The molecule has 22 heavy (non-hydrogen) atoms. The van der Waals surface area contributed by atoms with Crippen LogP contribution in [-0.2, 0) is 4.79 Å². The fourth-order valence-electron chi connectivity index (χ4n) is 1.94. The van der Waals surface area contributed by atoms with Crippen molar-refractivity contribution in [2.75, 3.05) is 13.7 Å². The number of hydrogen-bond donors (Lipinski definition) is 1. The first-order chi connectivity index (χ1) is 10.6. The van der Waals surface area contributed by atoms with E-state index < -0.39 is 0 Å². The molecular weight excluding hydrogens is 285 g/mol. The molecule has 0 radical (unpaired) electrons. The van der Waals surface area contributed by atoms with E-state index in [1.807, 2.05) is 31.2 Å². The summed E-state index contributed by atoms with van der Waals surface area (Å²) in [5, 5.41) is 2.84. The number of methoxy groups -OCH3 is 1. The third kappa shape index (κ3) is 4.48. The molecule has 2 aromatic rings. The van der Waals surface area contributed by atoms with Gasteiger partial charge in [0.2, 0.25) is 0 Å². The molecule has 5 heteroatoms. The molecule has 2 rings (SSSR count). The molecule has 0 saturated carbocycles. The molecule has 0 bridgehead atoms. The lowest BCUT2D eigenvalue weighted by Gasteiger charge is -2.15. The van der Waals surface area contributed by atoms with E-state index in [0.717, 1.165) is 11.3 Å². The van der Waals surface area contributed by atoms with E-state index >= 15 is 0 Å². The highest BCUT2D eigenvalue weighted by Crippen LogP contribution is 2.17. The van der Waals surface area contributed by atoms with Gasteiger partial charge < -0.3 is 14.8 Å². The first-order valence-electron chi connectivity index (χ1n) is 6.90. The van der Waals surface area contributed by atoms with Crippen molar-refractivity contribution in [3.05, 3.63) is 59.9 Å². The van der Waals surface area contributed by atoms with Gasteiger partial charge in [-0.05, 0) is 48.9 Å². The van der Waals surface area contributed by atoms with E-state index in [2.05, 4.69) is 5.32 Å². The van der Waals surface area contributed by atoms with Gasteiger partial charge in [-0.15, -0.1) is 0 Å². The summed E-state index contributed by atoms with van der Waals surface area (Å²) in [4.78, 5) is 11.9. The summed E-state index contributed by atoms with van der Waals surface area (Å²) in [6, 6.07) is 12.9. The van der Waals surface area contributed by atoms with Gasteiger partial charge in [0, 0.05) is 0 Å². The largest absolute Gasteiger partial charge is 0.497 e. The minimum absolute atomic E-state index is 0.119. The topological polar surface area (TPSA) is 47.6 Å². The minimum Gasteiger partial charge on any atom is -0.497 e. The second-order valence-corrected chi connectivity index (χ2v) is 4.80. The first kappa shape index (κ1) is 15.8. The van der Waals surface area contributed by atoms with Crippen LogP contribution in [0.25, 0.3) is 0 Å². The Morgan fingerprint density at radius 2 is 1.68 bits per heavy atom. The van der Waals surface area contributed by atoms with Crippen LogP contribution in [0.15, 0.2) is 48.5 Å². The molecule has 0 aliphatic rings. The Bertz CT molecular complexity index is 611. The fraction of sp³-hybridized carbons (Fsp3) is 0.235. The average molecular weight is 303 g/mol. The molecule has 0 heterocycles. The van der Waals surface area contributed by atoms with E-state index in [0.29, 0.717) is 5.75 Å². The van der Waals surface area contributed by atoms with Crippen molar-refractivity contribution in [2.45, 2.75) is 13.0 Å². The normalized spacial score (nSPS) is 11.6. The summed E-state index contributed by atoms with van der Waals surface area (Å²) in [6.07, 6.45) is 0. The lowest BCUT2D eigenvalue weighted by Crippen LogP contribution is -2.31. The van der Waals surface area contributed by atoms with Crippen molar-refractivity contribution in [1.29, 1.82) is 0 Å². The van der Waals surface area contributed by atoms with Gasteiger partial charge in [0.15, 0.2) is 6.61 Å². The standard InChI is InChI=1S/C17H18FNO3/c1-12(13-3-7-15(21-2)8-4-13)19-17(20)11-22-16-9-5-14(18)6-10-16/h3-10,12H,11H2,1-2H3,(H,19,20)/t12-/m0/s1. The third-order valence-electron chi connectivity index (χ3n) is 3.18. The summed E-state index contributed by atoms with van der Waals surface area (Å²) in [7, 11) is 1.60. The number of nitrogens with one attached hydrogen (secondary N) is 1. The SMILES string of the molecule is COc1ccc([C@H](C)NC(=O)COc2ccc(F)cc2)cc1. The predicted molar refractivity (Wildman–Crippen MR) is 81.4 cm³/mol. The van der Waals surface area contributed by atoms with E-state index in [4.69, 9.17) is 9.47 Å². The van der Waals surface area contributed by atoms with Crippen LogP contribution in [0.1, 0.15) is 18.5 Å². The van der Waals surface area contributed by atoms with Gasteiger partial charge in [0.1, 0.15) is 17.3 Å². The van der Waals surface area contributed by atoms with Crippen molar-refractivity contribution in [3.8, 4) is 11.5 Å². The third-order valence-corrected chi connectivity index (χ3v) is 3.18. The van der Waals surface area contributed by atoms with E-state index in [9.17, 15) is 9.18 Å². The van der Waals surface area contributed by atoms with Crippen molar-refractivity contribution in [3.63, 3.8) is 0 Å². The maximum atomic E-state index is 12.8. The lowest BCUT2D eigenvalue weighted by atomic mass is 10.1. The molecule has 2 aromatic carbocycles. The molecule has 0 aliphatic carbocycles. The Morgan fingerprint density at radius 1 is 1.09 bits per heavy atom. The lowest BCUT2D eigenvalue weighted by molar-refractivity contribution is -0.123. The van der Waals surface area contributed by atoms with Crippen LogP contribution in [0.5, 0.6) is 11.5 Å². The molecule has 0 aromatic heterocycles. The zero-order valence-electron chi connectivity index (χ0n) is 12.5. The van der Waals surface area contributed by atoms with Crippen LogP contribution in [0.2, 0.25) is 0 Å². The highest BCUT2D eigenvalue weighted by Gasteiger charge is 2.10. The predicted octanol–water partition coefficient (Wildman–Crippen LogP) is 3.09. The second kappa shape index (κ2) is 7.45. The van der Waals surface area contributed by atoms with E-state index in [1.165, 1.54) is 24.3 Å². The van der Waals surface area contributed by atoms with Crippen molar-refractivity contribution in [2.24, 2.45) is 0 Å². The number of halogens is 1. The maximum absolute atomic E-state index is 12.8. The molecule has 0 spiro atoms. The zero-order valence-corrected chi connectivity index (χ0v) is 12.5. The van der Waals surface area contributed by atoms with Gasteiger partial charge in [0.25, 0.3) is 5.91 Å². The molecule has 0 fully saturated rings. The van der Waals surface area contributed by atoms with E-state index in [-0.39, 0.29) is 24.4 Å². The van der Waals surface area contributed by atoms with E-state index in [1.54, 1.807) is 7.11 Å². The van der Waals surface area contributed by atoms with Gasteiger partial charge in [-0.1, -0.05) is 12.1 Å². The number of ether oxygens (including phenoxy) is 2. The Morgan fingerprint density at radius 3 is 2.27 bits per heavy atom. The van der Waals surface area contributed by atoms with Crippen LogP contribution in [0, 0.1) is 5.82 Å². The number of hydrogen-bond acceptors (Lipinski definition) is 3. The quantitative estimate of drug-likeness (QED) is 0.892. The average Bonchev–Trinajstić information content (AvgIpc) is 2.54. The smallest absolute Gasteiger partial charge is 0.258 e. The van der Waals surface area contributed by atoms with Crippen LogP contribution in [-0.4, -0.2) is 19.6 Å². The molecule has 4 nitrogen and oxygen atoms in total. The van der Waals surface area contributed by atoms with Gasteiger partial charge >= 0.3 is 0 Å². The summed E-state index contributed by atoms with van der Waals surface area (Å²) in [5.41, 5.74) is 0.968. The van der Waals surface area contributed by atoms with Crippen LogP contribution < -0.4 is 14.8 Å². The van der Waals surface area contributed by atoms with Crippen LogP contribution in [0.3, 0.4) is 0 Å². The van der Waals surface area contributed by atoms with Gasteiger partial charge in [-0.25, -0.2) is 4.39 Å². The molecule has 0 aliphatic heterocycles. The molecule has 1 N–H and O–H groups in total. The summed E-state index contributed by atoms with van der Waals surface area (Å²) < 4.78 is 23.1. The Balaban J connectivity index is 1.83. The maximum Gasteiger partial charge on any atom is 0.258 e. The molecule has 116 valence electrons. The molecule has 1 amide bonds. The summed E-state index contributed by atoms with van der Waals surface area (Å²) >= 11 is 0. The highest BCUT2D eigenvalue weighted by atomic mass is 19.1. The number of rotatable bonds is 6. The molecule has 0 saturated heterocycles. The van der Waals surface area contributed by atoms with Crippen molar-refractivity contribution < 1.29 is 18.7 Å². The Kier molecular flexibility index (Phi) is 5.36. The van der Waals surface area contributed by atoms with Crippen molar-refractivity contribution >= 4 is 5.91 Å². The summed E-state index contributed by atoms with van der Waals surface area (Å²) in [5.74, 6) is 0.633. The molecule has 1 atom stereocenters. The monoisotopic (exact) mass is 303 g/mol. The number of carbonyl (C=O) groups excluding carboxylic acids is 1. The molecular formula is C17H18FNO3. The fourth-order valence-corrected chi connectivity index (χ4v) is 1.94. The minimum atomic E-state index is -0.343. The number of carbonyl (C=O) groups is 1. The zero-order chi connectivity index (χ0) is 15.9. The molecule has 0 unspecified atom stereocenters. The van der Waals surface area contributed by atoms with Gasteiger partial charge in [-0.2, -0.15) is 0 Å². The van der Waals surface area contributed by atoms with Crippen LogP contribution >= 0.6 is 0 Å². The second-order valence-electron chi connectivity index (χ2n) is 4.80. The number of amides is 1. The highest BCUT2D eigenvalue weighted by molar-refractivity contribution is 5.78. The van der Waals surface area contributed by atoms with Crippen molar-refractivity contribution in [1.82, 2.24) is 5.32 Å². The first-order valence-corrected chi connectivity index (χ1v) is 6.90. The van der Waals surface area contributed by atoms with Gasteiger partial charge in [0.05, 0.1) is 13.2 Å². The Hall–Kier alpha value is -2.56. The summed E-state index contributed by atoms with van der Waals surface area (Å²) in [6.45, 7) is 1.77. The van der Waals surface area contributed by atoms with Crippen LogP contribution in [0.4, 0.5) is 4.39 Å². The number of benzene rings is 2.